The van der Waals surface area contributed by atoms with Crippen molar-refractivity contribution < 1.29 is 4.74 Å². The van der Waals surface area contributed by atoms with E-state index in [1.807, 2.05) is 53.2 Å². The first-order valence-corrected chi connectivity index (χ1v) is 7.21. The Hall–Kier alpha value is -2.88. The molecule has 4 heteroatoms. The second-order valence-corrected chi connectivity index (χ2v) is 5.27. The SMILES string of the molecule is Cc1cccn2cc(COc3cccc4cccnc34)nc12. The summed E-state index contributed by atoms with van der Waals surface area (Å²) in [6.07, 6.45) is 5.78. The van der Waals surface area contributed by atoms with E-state index < -0.39 is 0 Å². The first-order valence-electron chi connectivity index (χ1n) is 7.21. The number of rotatable bonds is 3. The maximum Gasteiger partial charge on any atom is 0.146 e. The number of aromatic nitrogens is 3. The highest BCUT2D eigenvalue weighted by Crippen LogP contribution is 2.23. The highest BCUT2D eigenvalue weighted by atomic mass is 16.5. The summed E-state index contributed by atoms with van der Waals surface area (Å²) in [5.41, 5.74) is 3.91. The second kappa shape index (κ2) is 5.15. The molecule has 0 fully saturated rings. The van der Waals surface area contributed by atoms with Gasteiger partial charge in [-0.15, -0.1) is 0 Å². The molecule has 1 aromatic carbocycles. The van der Waals surface area contributed by atoms with E-state index in [1.54, 1.807) is 6.20 Å². The van der Waals surface area contributed by atoms with Crippen molar-refractivity contribution in [3.05, 3.63) is 72.3 Å². The highest BCUT2D eigenvalue weighted by Gasteiger charge is 2.07. The highest BCUT2D eigenvalue weighted by molar-refractivity contribution is 5.84. The van der Waals surface area contributed by atoms with Gasteiger partial charge in [0.25, 0.3) is 0 Å². The summed E-state index contributed by atoms with van der Waals surface area (Å²) in [4.78, 5) is 9.02. The maximum atomic E-state index is 5.94. The molecule has 0 radical (unpaired) electrons. The minimum Gasteiger partial charge on any atom is -0.485 e. The van der Waals surface area contributed by atoms with Crippen LogP contribution in [-0.2, 0) is 6.61 Å². The normalized spacial score (nSPS) is 11.1. The third-order valence-electron chi connectivity index (χ3n) is 3.70. The summed E-state index contributed by atoms with van der Waals surface area (Å²) in [6, 6.07) is 14.0. The number of benzene rings is 1. The van der Waals surface area contributed by atoms with Gasteiger partial charge in [0.2, 0.25) is 0 Å². The summed E-state index contributed by atoms with van der Waals surface area (Å²) in [5, 5.41) is 1.07. The second-order valence-electron chi connectivity index (χ2n) is 5.27. The van der Waals surface area contributed by atoms with Gasteiger partial charge < -0.3 is 9.14 Å². The van der Waals surface area contributed by atoms with Crippen LogP contribution >= 0.6 is 0 Å². The Balaban J connectivity index is 1.64. The van der Waals surface area contributed by atoms with Crippen LogP contribution in [0.3, 0.4) is 0 Å². The molecule has 0 saturated heterocycles. The molecule has 108 valence electrons. The lowest BCUT2D eigenvalue weighted by Crippen LogP contribution is -1.96. The number of imidazole rings is 1. The summed E-state index contributed by atoms with van der Waals surface area (Å²) >= 11 is 0. The zero-order chi connectivity index (χ0) is 14.9. The fourth-order valence-electron chi connectivity index (χ4n) is 2.62. The van der Waals surface area contributed by atoms with E-state index in [4.69, 9.17) is 4.74 Å². The Morgan fingerprint density at radius 1 is 1.09 bits per heavy atom. The van der Waals surface area contributed by atoms with Gasteiger partial charge in [0, 0.05) is 24.0 Å². The van der Waals surface area contributed by atoms with Gasteiger partial charge >= 0.3 is 0 Å². The summed E-state index contributed by atoms with van der Waals surface area (Å²) in [5.74, 6) is 0.784. The van der Waals surface area contributed by atoms with Gasteiger partial charge in [0.15, 0.2) is 0 Å². The van der Waals surface area contributed by atoms with Gasteiger partial charge in [0.1, 0.15) is 23.5 Å². The standard InChI is InChI=1S/C18H15N3O/c1-13-5-4-10-21-11-15(20-18(13)21)12-22-16-8-2-6-14-7-3-9-19-17(14)16/h2-11H,12H2,1H3. The van der Waals surface area contributed by atoms with Crippen LogP contribution in [0.15, 0.2) is 61.1 Å². The Morgan fingerprint density at radius 2 is 2.00 bits per heavy atom. The van der Waals surface area contributed by atoms with E-state index in [2.05, 4.69) is 23.0 Å². The summed E-state index contributed by atoms with van der Waals surface area (Å²) in [6.45, 7) is 2.48. The fourth-order valence-corrected chi connectivity index (χ4v) is 2.62. The quantitative estimate of drug-likeness (QED) is 0.576. The van der Waals surface area contributed by atoms with Gasteiger partial charge in [-0.3, -0.25) is 4.98 Å². The molecule has 0 aliphatic carbocycles. The molecular weight excluding hydrogens is 274 g/mol. The zero-order valence-electron chi connectivity index (χ0n) is 12.2. The van der Waals surface area contributed by atoms with Crippen molar-refractivity contribution in [1.29, 1.82) is 0 Å². The average Bonchev–Trinajstić information content (AvgIpc) is 2.97. The van der Waals surface area contributed by atoms with Crippen LogP contribution in [-0.4, -0.2) is 14.4 Å². The minimum atomic E-state index is 0.427. The van der Waals surface area contributed by atoms with Crippen LogP contribution in [0.4, 0.5) is 0 Å². The van der Waals surface area contributed by atoms with Gasteiger partial charge in [-0.25, -0.2) is 4.98 Å². The van der Waals surface area contributed by atoms with Crippen LogP contribution in [0.5, 0.6) is 5.75 Å². The summed E-state index contributed by atoms with van der Waals surface area (Å²) in [7, 11) is 0. The Bertz CT molecular complexity index is 954. The molecule has 0 atom stereocenters. The predicted molar refractivity (Wildman–Crippen MR) is 86.0 cm³/mol. The first kappa shape index (κ1) is 12.8. The molecule has 22 heavy (non-hydrogen) atoms. The Labute approximate surface area is 128 Å². The molecule has 4 rings (SSSR count). The molecule has 0 saturated carbocycles. The van der Waals surface area contributed by atoms with Crippen LogP contribution in [0.1, 0.15) is 11.3 Å². The zero-order valence-corrected chi connectivity index (χ0v) is 12.2. The van der Waals surface area contributed by atoms with Gasteiger partial charge in [-0.2, -0.15) is 0 Å². The maximum absolute atomic E-state index is 5.94. The number of pyridine rings is 2. The molecule has 0 N–H and O–H groups in total. The third-order valence-corrected chi connectivity index (χ3v) is 3.70. The number of nitrogens with zero attached hydrogens (tertiary/aromatic N) is 3. The lowest BCUT2D eigenvalue weighted by atomic mass is 10.2. The van der Waals surface area contributed by atoms with Crippen molar-refractivity contribution in [3.8, 4) is 5.75 Å². The van der Waals surface area contributed by atoms with E-state index in [1.165, 1.54) is 0 Å². The third kappa shape index (κ3) is 2.19. The molecule has 0 spiro atoms. The van der Waals surface area contributed by atoms with E-state index in [9.17, 15) is 0 Å². The van der Waals surface area contributed by atoms with Crippen LogP contribution < -0.4 is 4.74 Å². The molecule has 0 aliphatic rings. The van der Waals surface area contributed by atoms with Gasteiger partial charge in [-0.1, -0.05) is 24.3 Å². The Kier molecular flexibility index (Phi) is 3.00. The molecule has 0 unspecified atom stereocenters. The van der Waals surface area contributed by atoms with Gasteiger partial charge in [0.05, 0.1) is 5.69 Å². The number of para-hydroxylation sites is 1. The van der Waals surface area contributed by atoms with Crippen LogP contribution in [0.25, 0.3) is 16.6 Å². The van der Waals surface area contributed by atoms with Crippen LogP contribution in [0, 0.1) is 6.92 Å². The lowest BCUT2D eigenvalue weighted by Gasteiger charge is -2.06. The summed E-state index contributed by atoms with van der Waals surface area (Å²) < 4.78 is 7.96. The van der Waals surface area contributed by atoms with E-state index in [-0.39, 0.29) is 0 Å². The van der Waals surface area contributed by atoms with Crippen molar-refractivity contribution in [3.63, 3.8) is 0 Å². The molecule has 3 aromatic heterocycles. The number of hydrogen-bond donors (Lipinski definition) is 0. The van der Waals surface area contributed by atoms with Gasteiger partial charge in [-0.05, 0) is 30.7 Å². The van der Waals surface area contributed by atoms with E-state index in [0.29, 0.717) is 6.61 Å². The lowest BCUT2D eigenvalue weighted by molar-refractivity contribution is 0.305. The van der Waals surface area contributed by atoms with Crippen molar-refractivity contribution in [2.24, 2.45) is 0 Å². The first-order chi connectivity index (χ1) is 10.8. The van der Waals surface area contributed by atoms with E-state index in [0.717, 1.165) is 33.6 Å². The van der Waals surface area contributed by atoms with E-state index >= 15 is 0 Å². The predicted octanol–water partition coefficient (Wildman–Crippen LogP) is 3.77. The van der Waals surface area contributed by atoms with Crippen molar-refractivity contribution >= 4 is 16.6 Å². The molecule has 0 bridgehead atoms. The number of aryl methyl sites for hydroxylation is 1. The van der Waals surface area contributed by atoms with Crippen molar-refractivity contribution in [1.82, 2.24) is 14.4 Å². The largest absolute Gasteiger partial charge is 0.485 e. The molecule has 3 heterocycles. The fraction of sp³-hybridized carbons (Fsp3) is 0.111. The molecule has 0 amide bonds. The minimum absolute atomic E-state index is 0.427. The molecule has 4 aromatic rings. The number of hydrogen-bond acceptors (Lipinski definition) is 3. The Morgan fingerprint density at radius 3 is 2.91 bits per heavy atom. The van der Waals surface area contributed by atoms with Crippen molar-refractivity contribution in [2.75, 3.05) is 0 Å². The smallest absolute Gasteiger partial charge is 0.146 e. The number of ether oxygens (including phenoxy) is 1. The molecule has 4 nitrogen and oxygen atoms in total. The van der Waals surface area contributed by atoms with Crippen LogP contribution in [0.2, 0.25) is 0 Å². The van der Waals surface area contributed by atoms with Crippen molar-refractivity contribution in [2.45, 2.75) is 13.5 Å². The molecule has 0 aliphatic heterocycles. The number of fused-ring (bicyclic) bond motifs is 2. The molecular formula is C18H15N3O. The topological polar surface area (TPSA) is 39.4 Å². The average molecular weight is 289 g/mol. The monoisotopic (exact) mass is 289 g/mol.